The van der Waals surface area contributed by atoms with Gasteiger partial charge in [-0.05, 0) is 64.2 Å². The van der Waals surface area contributed by atoms with E-state index >= 15 is 0 Å². The van der Waals surface area contributed by atoms with Gasteiger partial charge in [-0.2, -0.15) is 0 Å². The van der Waals surface area contributed by atoms with Crippen LogP contribution in [0.1, 0.15) is 201 Å². The Morgan fingerprint density at radius 3 is 1.04 bits per heavy atom. The molecule has 0 spiro atoms. The first-order chi connectivity index (χ1) is 23.5. The van der Waals surface area contributed by atoms with E-state index < -0.39 is 0 Å². The van der Waals surface area contributed by atoms with Gasteiger partial charge in [0.1, 0.15) is 13.2 Å². The molecule has 0 unspecified atom stereocenters. The fraction of sp³-hybridized carbons (Fsp3) is 0.833. The van der Waals surface area contributed by atoms with E-state index in [4.69, 9.17) is 9.47 Å². The lowest BCUT2D eigenvalue weighted by Crippen LogP contribution is -2.35. The number of rotatable bonds is 36. The molecule has 0 fully saturated rings. The normalized spacial score (nSPS) is 11.5. The number of esters is 2. The molecule has 0 radical (unpaired) electrons. The maximum atomic E-state index is 12.1. The summed E-state index contributed by atoms with van der Waals surface area (Å²) in [5, 5.41) is 0. The van der Waals surface area contributed by atoms with E-state index in [0.717, 1.165) is 51.4 Å². The third-order valence-corrected chi connectivity index (χ3v) is 8.98. The van der Waals surface area contributed by atoms with Crippen LogP contribution in [0, 0.1) is 0 Å². The Kier molecular flexibility index (Phi) is 36.0. The predicted molar refractivity (Wildman–Crippen MR) is 203 cm³/mol. The molecule has 0 aliphatic carbocycles. The van der Waals surface area contributed by atoms with Gasteiger partial charge in [0.15, 0.2) is 0 Å². The van der Waals surface area contributed by atoms with Crippen LogP contribution in [0.4, 0.5) is 0 Å². The first-order valence-corrected chi connectivity index (χ1v) is 20.4. The number of ether oxygens (including phenoxy) is 2. The lowest BCUT2D eigenvalue weighted by atomic mass is 10.1. The van der Waals surface area contributed by atoms with Crippen LogP contribution in [0.3, 0.4) is 0 Å². The molecule has 0 aromatic carbocycles. The monoisotopic (exact) mass is 676 g/mol. The zero-order chi connectivity index (χ0) is 35.2. The number of hydrogen-bond acceptors (Lipinski definition) is 5. The fourth-order valence-corrected chi connectivity index (χ4v) is 5.79. The summed E-state index contributed by atoms with van der Waals surface area (Å²) in [5.41, 5.74) is 0. The molecule has 6 heteroatoms. The minimum atomic E-state index is -0.206. The molecule has 0 saturated carbocycles. The van der Waals surface area contributed by atoms with E-state index in [1.54, 1.807) is 4.90 Å². The van der Waals surface area contributed by atoms with Crippen LogP contribution in [0.2, 0.25) is 0 Å². The molecule has 6 nitrogen and oxygen atoms in total. The second-order valence-electron chi connectivity index (χ2n) is 13.6. The average Bonchev–Trinajstić information content (AvgIpc) is 3.07. The average molecular weight is 676 g/mol. The van der Waals surface area contributed by atoms with Crippen molar-refractivity contribution in [3.63, 3.8) is 0 Å². The molecule has 0 aromatic rings. The van der Waals surface area contributed by atoms with Gasteiger partial charge in [0.25, 0.3) is 0 Å². The molecule has 0 aliphatic rings. The summed E-state index contributed by atoms with van der Waals surface area (Å²) in [6.45, 7) is 6.99. The van der Waals surface area contributed by atoms with Crippen LogP contribution in [0.15, 0.2) is 24.3 Å². The summed E-state index contributed by atoms with van der Waals surface area (Å²) in [5.74, 6) is -0.526. The molecule has 0 aliphatic heterocycles. The van der Waals surface area contributed by atoms with Gasteiger partial charge in [0.05, 0.1) is 13.1 Å². The van der Waals surface area contributed by atoms with Crippen molar-refractivity contribution in [3.05, 3.63) is 24.3 Å². The number of unbranched alkanes of at least 4 members (excludes halogenated alkanes) is 22. The minimum absolute atomic E-state index is 0.114. The maximum absolute atomic E-state index is 12.1. The van der Waals surface area contributed by atoms with Crippen molar-refractivity contribution in [2.75, 3.05) is 26.3 Å². The van der Waals surface area contributed by atoms with E-state index in [1.165, 1.54) is 122 Å². The Morgan fingerprint density at radius 1 is 0.438 bits per heavy atom. The summed E-state index contributed by atoms with van der Waals surface area (Å²) in [6.07, 6.45) is 42.1. The van der Waals surface area contributed by atoms with E-state index in [1.807, 2.05) is 0 Å². The standard InChI is InChI=1S/C42H77NO5/c1-4-6-8-10-12-14-16-18-20-22-24-26-28-30-32-34-41(45)47-38-36-43(40(3)44)37-39-48-42(46)35-33-31-29-27-25-23-21-19-17-15-13-11-9-7-5-2/h18-21H,4-17,22-39H2,1-3H3/b20-18-,21-19-. The highest BCUT2D eigenvalue weighted by molar-refractivity contribution is 5.73. The molecule has 48 heavy (non-hydrogen) atoms. The lowest BCUT2D eigenvalue weighted by Gasteiger charge is -2.20. The van der Waals surface area contributed by atoms with E-state index in [9.17, 15) is 14.4 Å². The van der Waals surface area contributed by atoms with Gasteiger partial charge < -0.3 is 14.4 Å². The molecule has 0 rings (SSSR count). The molecule has 0 atom stereocenters. The number of carbonyl (C=O) groups excluding carboxylic acids is 3. The topological polar surface area (TPSA) is 72.9 Å². The number of allylic oxidation sites excluding steroid dienone is 4. The maximum Gasteiger partial charge on any atom is 0.305 e. The van der Waals surface area contributed by atoms with Gasteiger partial charge in [0, 0.05) is 19.8 Å². The second-order valence-corrected chi connectivity index (χ2v) is 13.6. The van der Waals surface area contributed by atoms with Gasteiger partial charge in [-0.25, -0.2) is 0 Å². The molecule has 0 N–H and O–H groups in total. The largest absolute Gasteiger partial charge is 0.464 e. The van der Waals surface area contributed by atoms with Crippen molar-refractivity contribution in [2.45, 2.75) is 201 Å². The number of hydrogen-bond donors (Lipinski definition) is 0. The van der Waals surface area contributed by atoms with Crippen LogP contribution < -0.4 is 0 Å². The second kappa shape index (κ2) is 37.7. The van der Waals surface area contributed by atoms with Crippen molar-refractivity contribution >= 4 is 17.8 Å². The highest BCUT2D eigenvalue weighted by Gasteiger charge is 2.12. The van der Waals surface area contributed by atoms with E-state index in [2.05, 4.69) is 38.2 Å². The Labute approximate surface area is 297 Å². The fourth-order valence-electron chi connectivity index (χ4n) is 5.79. The van der Waals surface area contributed by atoms with Crippen LogP contribution in [0.25, 0.3) is 0 Å². The third kappa shape index (κ3) is 35.2. The summed E-state index contributed by atoms with van der Waals surface area (Å²) in [6, 6.07) is 0. The Hall–Kier alpha value is -2.11. The molecular weight excluding hydrogens is 598 g/mol. The zero-order valence-corrected chi connectivity index (χ0v) is 31.9. The van der Waals surface area contributed by atoms with E-state index in [0.29, 0.717) is 25.9 Å². The highest BCUT2D eigenvalue weighted by Crippen LogP contribution is 2.12. The van der Waals surface area contributed by atoms with Crippen molar-refractivity contribution in [3.8, 4) is 0 Å². The number of nitrogens with zero attached hydrogens (tertiary/aromatic N) is 1. The Bertz CT molecular complexity index is 735. The first kappa shape index (κ1) is 45.9. The molecule has 0 saturated heterocycles. The molecule has 0 aromatic heterocycles. The summed E-state index contributed by atoms with van der Waals surface area (Å²) in [7, 11) is 0. The van der Waals surface area contributed by atoms with Gasteiger partial charge in [0.2, 0.25) is 5.91 Å². The molecular formula is C42H77NO5. The molecule has 280 valence electrons. The first-order valence-electron chi connectivity index (χ1n) is 20.4. The SMILES string of the molecule is CCCCCCCC/C=C\CCCCCCCC(=O)OCCN(CCOC(=O)CCCCCCC/C=C\CCCCCCCC)C(C)=O. The Morgan fingerprint density at radius 2 is 0.729 bits per heavy atom. The quantitative estimate of drug-likeness (QED) is 0.0375. The third-order valence-electron chi connectivity index (χ3n) is 8.98. The smallest absolute Gasteiger partial charge is 0.305 e. The summed E-state index contributed by atoms with van der Waals surface area (Å²) < 4.78 is 10.7. The van der Waals surface area contributed by atoms with Crippen LogP contribution >= 0.6 is 0 Å². The molecule has 0 heterocycles. The van der Waals surface area contributed by atoms with Gasteiger partial charge in [-0.3, -0.25) is 14.4 Å². The van der Waals surface area contributed by atoms with Gasteiger partial charge >= 0.3 is 11.9 Å². The number of amides is 1. The van der Waals surface area contributed by atoms with Crippen LogP contribution in [-0.2, 0) is 23.9 Å². The van der Waals surface area contributed by atoms with E-state index in [-0.39, 0.29) is 31.1 Å². The van der Waals surface area contributed by atoms with Gasteiger partial charge in [-0.1, -0.05) is 141 Å². The Balaban J connectivity index is 3.65. The minimum Gasteiger partial charge on any atom is -0.464 e. The van der Waals surface area contributed by atoms with Crippen LogP contribution in [-0.4, -0.2) is 49.0 Å². The van der Waals surface area contributed by atoms with Crippen molar-refractivity contribution in [1.29, 1.82) is 0 Å². The van der Waals surface area contributed by atoms with Crippen molar-refractivity contribution < 1.29 is 23.9 Å². The zero-order valence-electron chi connectivity index (χ0n) is 31.9. The predicted octanol–water partition coefficient (Wildman–Crippen LogP) is 12.0. The highest BCUT2D eigenvalue weighted by atomic mass is 16.5. The van der Waals surface area contributed by atoms with Crippen molar-refractivity contribution in [1.82, 2.24) is 4.90 Å². The van der Waals surface area contributed by atoms with Crippen molar-refractivity contribution in [2.24, 2.45) is 0 Å². The summed E-state index contributed by atoms with van der Waals surface area (Å²) >= 11 is 0. The lowest BCUT2D eigenvalue weighted by molar-refractivity contribution is -0.147. The van der Waals surface area contributed by atoms with Crippen LogP contribution in [0.5, 0.6) is 0 Å². The molecule has 1 amide bonds. The molecule has 0 bridgehead atoms. The number of carbonyl (C=O) groups is 3. The summed E-state index contributed by atoms with van der Waals surface area (Å²) in [4.78, 5) is 37.8. The van der Waals surface area contributed by atoms with Gasteiger partial charge in [-0.15, -0.1) is 0 Å².